The fraction of sp³-hybridized carbons (Fsp3) is 0.462. The molecule has 0 radical (unpaired) electrons. The standard InChI is InChI=1S/C13H14F3NO3S/c14-13(15,16)10-3-1-2-4-11(10)17-12(18)7-9-5-6-21(19,20)8-9/h1-4,9H,5-8H2,(H,17,18)/t9-/m1/s1. The van der Waals surface area contributed by atoms with Crippen molar-refractivity contribution in [3.8, 4) is 0 Å². The predicted molar refractivity (Wildman–Crippen MR) is 71.5 cm³/mol. The van der Waals surface area contributed by atoms with Crippen LogP contribution in [0, 0.1) is 5.92 Å². The largest absolute Gasteiger partial charge is 0.418 e. The molecule has 0 bridgehead atoms. The molecule has 2 rings (SSSR count). The number of nitrogens with one attached hydrogen (secondary N) is 1. The summed E-state index contributed by atoms with van der Waals surface area (Å²) in [5.41, 5.74) is -1.23. The Kier molecular flexibility index (Phi) is 4.27. The molecule has 1 saturated heterocycles. The summed E-state index contributed by atoms with van der Waals surface area (Å²) in [4.78, 5) is 11.8. The third-order valence-electron chi connectivity index (χ3n) is 3.31. The van der Waals surface area contributed by atoms with Crippen LogP contribution in [-0.2, 0) is 20.8 Å². The summed E-state index contributed by atoms with van der Waals surface area (Å²) in [6.07, 6.45) is -4.28. The van der Waals surface area contributed by atoms with E-state index in [1.165, 1.54) is 18.2 Å². The highest BCUT2D eigenvalue weighted by Gasteiger charge is 2.34. The Labute approximate surface area is 120 Å². The summed E-state index contributed by atoms with van der Waals surface area (Å²) in [6.45, 7) is 0. The van der Waals surface area contributed by atoms with Gasteiger partial charge in [0, 0.05) is 6.42 Å². The highest BCUT2D eigenvalue weighted by molar-refractivity contribution is 7.91. The van der Waals surface area contributed by atoms with Crippen molar-refractivity contribution >= 4 is 21.4 Å². The van der Waals surface area contributed by atoms with E-state index >= 15 is 0 Å². The van der Waals surface area contributed by atoms with Crippen molar-refractivity contribution in [1.29, 1.82) is 0 Å². The van der Waals surface area contributed by atoms with Crippen molar-refractivity contribution in [3.63, 3.8) is 0 Å². The number of carbonyl (C=O) groups is 1. The number of halogens is 3. The van der Waals surface area contributed by atoms with Gasteiger partial charge >= 0.3 is 6.18 Å². The van der Waals surface area contributed by atoms with Gasteiger partial charge in [-0.15, -0.1) is 0 Å². The van der Waals surface area contributed by atoms with Crippen molar-refractivity contribution in [1.82, 2.24) is 0 Å². The second kappa shape index (κ2) is 5.67. The third kappa shape index (κ3) is 4.20. The Hall–Kier alpha value is -1.57. The fourth-order valence-electron chi connectivity index (χ4n) is 2.34. The van der Waals surface area contributed by atoms with Crippen molar-refractivity contribution in [2.24, 2.45) is 5.92 Å². The monoisotopic (exact) mass is 321 g/mol. The van der Waals surface area contributed by atoms with E-state index in [9.17, 15) is 26.4 Å². The zero-order valence-corrected chi connectivity index (χ0v) is 11.8. The van der Waals surface area contributed by atoms with Gasteiger partial charge in [0.25, 0.3) is 0 Å². The second-order valence-corrected chi connectivity index (χ2v) is 7.29. The van der Waals surface area contributed by atoms with E-state index in [2.05, 4.69) is 5.32 Å². The molecule has 21 heavy (non-hydrogen) atoms. The van der Waals surface area contributed by atoms with E-state index in [0.717, 1.165) is 6.07 Å². The van der Waals surface area contributed by atoms with Crippen molar-refractivity contribution in [2.45, 2.75) is 19.0 Å². The van der Waals surface area contributed by atoms with Gasteiger partial charge in [-0.3, -0.25) is 4.79 Å². The maximum atomic E-state index is 12.8. The van der Waals surface area contributed by atoms with Crippen LogP contribution >= 0.6 is 0 Å². The first-order chi connectivity index (χ1) is 9.67. The molecule has 116 valence electrons. The van der Waals surface area contributed by atoms with Crippen molar-refractivity contribution in [3.05, 3.63) is 29.8 Å². The molecule has 0 saturated carbocycles. The van der Waals surface area contributed by atoms with Gasteiger partial charge in [-0.2, -0.15) is 13.2 Å². The van der Waals surface area contributed by atoms with Gasteiger partial charge in [-0.25, -0.2) is 8.42 Å². The quantitative estimate of drug-likeness (QED) is 0.930. The van der Waals surface area contributed by atoms with E-state index < -0.39 is 27.5 Å². The van der Waals surface area contributed by atoms with Crippen LogP contribution in [0.1, 0.15) is 18.4 Å². The molecule has 8 heteroatoms. The highest BCUT2D eigenvalue weighted by Crippen LogP contribution is 2.34. The smallest absolute Gasteiger partial charge is 0.325 e. The minimum Gasteiger partial charge on any atom is -0.325 e. The van der Waals surface area contributed by atoms with Crippen LogP contribution in [0.4, 0.5) is 18.9 Å². The number of amides is 1. The number of carbonyl (C=O) groups excluding carboxylic acids is 1. The van der Waals surface area contributed by atoms with Crippen LogP contribution in [0.3, 0.4) is 0 Å². The number of hydrogen-bond donors (Lipinski definition) is 1. The van der Waals surface area contributed by atoms with Crippen LogP contribution in [0.5, 0.6) is 0 Å². The van der Waals surface area contributed by atoms with Crippen molar-refractivity contribution < 1.29 is 26.4 Å². The maximum absolute atomic E-state index is 12.8. The number of hydrogen-bond acceptors (Lipinski definition) is 3. The molecule has 1 N–H and O–H groups in total. The normalized spacial score (nSPS) is 21.2. The molecule has 1 aliphatic heterocycles. The van der Waals surface area contributed by atoms with Crippen LogP contribution in [0.15, 0.2) is 24.3 Å². The van der Waals surface area contributed by atoms with E-state index in [4.69, 9.17) is 0 Å². The topological polar surface area (TPSA) is 63.2 Å². The number of para-hydroxylation sites is 1. The van der Waals surface area contributed by atoms with Gasteiger partial charge in [0.05, 0.1) is 22.8 Å². The lowest BCUT2D eigenvalue weighted by molar-refractivity contribution is -0.137. The Balaban J connectivity index is 2.04. The molecule has 1 amide bonds. The van der Waals surface area contributed by atoms with Gasteiger partial charge in [0.1, 0.15) is 0 Å². The van der Waals surface area contributed by atoms with E-state index in [1.807, 2.05) is 0 Å². The first kappa shape index (κ1) is 15.8. The summed E-state index contributed by atoms with van der Waals surface area (Å²) in [5, 5.41) is 2.22. The van der Waals surface area contributed by atoms with Gasteiger partial charge in [0.15, 0.2) is 9.84 Å². The fourth-order valence-corrected chi connectivity index (χ4v) is 4.20. The molecular formula is C13H14F3NO3S. The summed E-state index contributed by atoms with van der Waals surface area (Å²) in [6, 6.07) is 4.69. The number of alkyl halides is 3. The Morgan fingerprint density at radius 2 is 1.95 bits per heavy atom. The zero-order valence-electron chi connectivity index (χ0n) is 11.0. The Morgan fingerprint density at radius 1 is 1.29 bits per heavy atom. The molecule has 1 aromatic carbocycles. The number of sulfone groups is 1. The molecule has 1 atom stereocenters. The summed E-state index contributed by atoms with van der Waals surface area (Å²) in [5.74, 6) is -0.979. The maximum Gasteiger partial charge on any atom is 0.418 e. The third-order valence-corrected chi connectivity index (χ3v) is 5.14. The number of benzene rings is 1. The van der Waals surface area contributed by atoms with Crippen LogP contribution in [-0.4, -0.2) is 25.8 Å². The molecule has 1 heterocycles. The lowest BCUT2D eigenvalue weighted by atomic mass is 10.0. The van der Waals surface area contributed by atoms with Crippen LogP contribution in [0.25, 0.3) is 0 Å². The SMILES string of the molecule is O=C(C[C@H]1CCS(=O)(=O)C1)Nc1ccccc1C(F)(F)F. The minimum absolute atomic E-state index is 0.0318. The number of rotatable bonds is 3. The highest BCUT2D eigenvalue weighted by atomic mass is 32.2. The molecule has 1 aromatic rings. The average Bonchev–Trinajstić information content (AvgIpc) is 2.67. The molecule has 0 aliphatic carbocycles. The van der Waals surface area contributed by atoms with Gasteiger partial charge in [0.2, 0.25) is 5.91 Å². The second-order valence-electron chi connectivity index (χ2n) is 5.06. The van der Waals surface area contributed by atoms with E-state index in [1.54, 1.807) is 0 Å². The summed E-state index contributed by atoms with van der Waals surface area (Å²) in [7, 11) is -3.11. The lowest BCUT2D eigenvalue weighted by Gasteiger charge is -2.14. The molecule has 1 aliphatic rings. The molecule has 4 nitrogen and oxygen atoms in total. The Morgan fingerprint density at radius 3 is 2.52 bits per heavy atom. The van der Waals surface area contributed by atoms with E-state index in [-0.39, 0.29) is 29.5 Å². The molecular weight excluding hydrogens is 307 g/mol. The molecule has 0 unspecified atom stereocenters. The van der Waals surface area contributed by atoms with Gasteiger partial charge in [-0.1, -0.05) is 12.1 Å². The zero-order chi connectivity index (χ0) is 15.7. The predicted octanol–water partition coefficient (Wildman–Crippen LogP) is 2.47. The van der Waals surface area contributed by atoms with Crippen LogP contribution < -0.4 is 5.32 Å². The summed E-state index contributed by atoms with van der Waals surface area (Å²) >= 11 is 0. The first-order valence-corrected chi connectivity index (χ1v) is 8.16. The van der Waals surface area contributed by atoms with Crippen molar-refractivity contribution in [2.75, 3.05) is 16.8 Å². The average molecular weight is 321 g/mol. The first-order valence-electron chi connectivity index (χ1n) is 6.34. The van der Waals surface area contributed by atoms with Crippen LogP contribution in [0.2, 0.25) is 0 Å². The molecule has 0 aromatic heterocycles. The minimum atomic E-state index is -4.55. The lowest BCUT2D eigenvalue weighted by Crippen LogP contribution is -2.19. The molecule has 1 fully saturated rings. The van der Waals surface area contributed by atoms with Gasteiger partial charge in [-0.05, 0) is 24.5 Å². The van der Waals surface area contributed by atoms with E-state index in [0.29, 0.717) is 6.42 Å². The van der Waals surface area contributed by atoms with Gasteiger partial charge < -0.3 is 5.32 Å². The number of anilines is 1. The summed E-state index contributed by atoms with van der Waals surface area (Å²) < 4.78 is 60.9. The molecule has 0 spiro atoms. The Bertz CT molecular complexity index is 640.